The molecule has 1 heterocycles. The maximum atomic E-state index is 12.9. The Morgan fingerprint density at radius 2 is 1.74 bits per heavy atom. The highest BCUT2D eigenvalue weighted by Gasteiger charge is 2.47. The van der Waals surface area contributed by atoms with Crippen molar-refractivity contribution in [2.24, 2.45) is 0 Å². The largest absolute Gasteiger partial charge is 0.497 e. The number of carbonyl (C=O) groups excluding carboxylic acids is 3. The molecular formula is C23H28N4O4. The number of nitrogens with zero attached hydrogens (tertiary/aromatic N) is 2. The zero-order valence-corrected chi connectivity index (χ0v) is 18.3. The standard InChI is InChI=1S/C23H28N4O4/c1-23(14-13-16-5-11-19(31-4)12-6-16)21(29)27(22(30)25-23)15-20(28)24-17-7-9-18(10-8-17)26(2)3/h5-12H,13-15H2,1-4H3,(H,24,28)(H,25,30)/t23-/m1/s1. The molecule has 4 amide bonds. The molecule has 2 aromatic carbocycles. The van der Waals surface area contributed by atoms with Crippen LogP contribution in [0.2, 0.25) is 0 Å². The molecule has 8 heteroatoms. The van der Waals surface area contributed by atoms with E-state index in [1.165, 1.54) is 0 Å². The van der Waals surface area contributed by atoms with Gasteiger partial charge in [-0.05, 0) is 61.7 Å². The highest BCUT2D eigenvalue weighted by atomic mass is 16.5. The molecule has 1 atom stereocenters. The lowest BCUT2D eigenvalue weighted by atomic mass is 9.93. The fourth-order valence-electron chi connectivity index (χ4n) is 3.43. The molecule has 3 rings (SSSR count). The van der Waals surface area contributed by atoms with Gasteiger partial charge in [0.15, 0.2) is 0 Å². The summed E-state index contributed by atoms with van der Waals surface area (Å²) in [6.45, 7) is 1.35. The average Bonchev–Trinajstić information content (AvgIpc) is 2.96. The lowest BCUT2D eigenvalue weighted by molar-refractivity contribution is -0.133. The quantitative estimate of drug-likeness (QED) is 0.636. The van der Waals surface area contributed by atoms with Gasteiger partial charge in [0.25, 0.3) is 5.91 Å². The molecular weight excluding hydrogens is 396 g/mol. The molecule has 1 fully saturated rings. The third-order valence-electron chi connectivity index (χ3n) is 5.39. The third kappa shape index (κ3) is 5.14. The molecule has 1 aliphatic rings. The molecule has 0 bridgehead atoms. The SMILES string of the molecule is COc1ccc(CC[C@@]2(C)NC(=O)N(CC(=O)Nc3ccc(N(C)C)cc3)C2=O)cc1. The number of hydrogen-bond donors (Lipinski definition) is 2. The molecule has 0 aliphatic carbocycles. The van der Waals surface area contributed by atoms with Crippen molar-refractivity contribution in [3.05, 3.63) is 54.1 Å². The monoisotopic (exact) mass is 424 g/mol. The number of rotatable bonds is 8. The van der Waals surface area contributed by atoms with Gasteiger partial charge < -0.3 is 20.3 Å². The molecule has 164 valence electrons. The van der Waals surface area contributed by atoms with E-state index >= 15 is 0 Å². The van der Waals surface area contributed by atoms with Gasteiger partial charge >= 0.3 is 6.03 Å². The number of carbonyl (C=O) groups is 3. The second kappa shape index (κ2) is 9.07. The molecule has 0 saturated carbocycles. The Bertz CT molecular complexity index is 957. The summed E-state index contributed by atoms with van der Waals surface area (Å²) in [6, 6.07) is 14.3. The van der Waals surface area contributed by atoms with Crippen LogP contribution in [0, 0.1) is 0 Å². The van der Waals surface area contributed by atoms with Crippen LogP contribution in [0.25, 0.3) is 0 Å². The van der Waals surface area contributed by atoms with Crippen LogP contribution in [0.5, 0.6) is 5.75 Å². The second-order valence-corrected chi connectivity index (χ2v) is 7.99. The van der Waals surface area contributed by atoms with Gasteiger partial charge in [0, 0.05) is 25.5 Å². The minimum Gasteiger partial charge on any atom is -0.497 e. The van der Waals surface area contributed by atoms with Gasteiger partial charge in [0.2, 0.25) is 5.91 Å². The zero-order chi connectivity index (χ0) is 22.6. The fourth-order valence-corrected chi connectivity index (χ4v) is 3.43. The lowest BCUT2D eigenvalue weighted by Gasteiger charge is -2.21. The topological polar surface area (TPSA) is 91.0 Å². The number of anilines is 2. The van der Waals surface area contributed by atoms with Gasteiger partial charge in [-0.1, -0.05) is 12.1 Å². The fraction of sp³-hybridized carbons (Fsp3) is 0.348. The van der Waals surface area contributed by atoms with E-state index < -0.39 is 23.4 Å². The molecule has 1 aliphatic heterocycles. The number of ether oxygens (including phenoxy) is 1. The van der Waals surface area contributed by atoms with Crippen LogP contribution < -0.4 is 20.3 Å². The van der Waals surface area contributed by atoms with Crippen molar-refractivity contribution in [2.75, 3.05) is 38.0 Å². The average molecular weight is 425 g/mol. The predicted molar refractivity (Wildman–Crippen MR) is 119 cm³/mol. The molecule has 31 heavy (non-hydrogen) atoms. The van der Waals surface area contributed by atoms with Crippen LogP contribution >= 0.6 is 0 Å². The van der Waals surface area contributed by atoms with Gasteiger partial charge in [-0.25, -0.2) is 4.79 Å². The van der Waals surface area contributed by atoms with Crippen LogP contribution in [0.3, 0.4) is 0 Å². The molecule has 0 spiro atoms. The van der Waals surface area contributed by atoms with Gasteiger partial charge in [-0.3, -0.25) is 14.5 Å². The molecule has 8 nitrogen and oxygen atoms in total. The van der Waals surface area contributed by atoms with Gasteiger partial charge in [0.1, 0.15) is 17.8 Å². The minimum absolute atomic E-state index is 0.335. The Labute approximate surface area is 182 Å². The van der Waals surface area contributed by atoms with E-state index in [4.69, 9.17) is 4.74 Å². The normalized spacial score (nSPS) is 18.0. The van der Waals surface area contributed by atoms with Crippen molar-refractivity contribution in [3.8, 4) is 5.75 Å². The van der Waals surface area contributed by atoms with Crippen LogP contribution in [0.4, 0.5) is 16.2 Å². The van der Waals surface area contributed by atoms with Crippen LogP contribution in [0.1, 0.15) is 18.9 Å². The maximum absolute atomic E-state index is 12.9. The van der Waals surface area contributed by atoms with Crippen LogP contribution in [-0.4, -0.2) is 56.0 Å². The van der Waals surface area contributed by atoms with E-state index in [-0.39, 0.29) is 6.54 Å². The number of amides is 4. The van der Waals surface area contributed by atoms with Gasteiger partial charge in [-0.15, -0.1) is 0 Å². The minimum atomic E-state index is -1.05. The molecule has 1 saturated heterocycles. The second-order valence-electron chi connectivity index (χ2n) is 7.99. The summed E-state index contributed by atoms with van der Waals surface area (Å²) in [6.07, 6.45) is 1.03. The van der Waals surface area contributed by atoms with E-state index in [2.05, 4.69) is 10.6 Å². The summed E-state index contributed by atoms with van der Waals surface area (Å²) in [5.41, 5.74) is 1.58. The summed E-state index contributed by atoms with van der Waals surface area (Å²) in [5.74, 6) is -0.0709. The Morgan fingerprint density at radius 3 is 2.32 bits per heavy atom. The van der Waals surface area contributed by atoms with Crippen molar-refractivity contribution in [1.29, 1.82) is 0 Å². The molecule has 0 radical (unpaired) electrons. The Balaban J connectivity index is 1.58. The van der Waals surface area contributed by atoms with Crippen molar-refractivity contribution >= 4 is 29.2 Å². The molecule has 2 N–H and O–H groups in total. The number of methoxy groups -OCH3 is 1. The number of benzene rings is 2. The maximum Gasteiger partial charge on any atom is 0.325 e. The molecule has 2 aromatic rings. The highest BCUT2D eigenvalue weighted by Crippen LogP contribution is 2.24. The van der Waals surface area contributed by atoms with Gasteiger partial charge in [0.05, 0.1) is 7.11 Å². The molecule has 0 aromatic heterocycles. The summed E-state index contributed by atoms with van der Waals surface area (Å²) in [5, 5.41) is 5.47. The number of aryl methyl sites for hydroxylation is 1. The van der Waals surface area contributed by atoms with E-state index in [1.54, 1.807) is 26.2 Å². The Kier molecular flexibility index (Phi) is 6.48. The predicted octanol–water partition coefficient (Wildman–Crippen LogP) is 2.64. The number of urea groups is 1. The molecule has 0 unspecified atom stereocenters. The summed E-state index contributed by atoms with van der Waals surface area (Å²) >= 11 is 0. The number of hydrogen-bond acceptors (Lipinski definition) is 5. The first-order chi connectivity index (χ1) is 14.7. The first kappa shape index (κ1) is 22.1. The summed E-state index contributed by atoms with van der Waals surface area (Å²) < 4.78 is 5.15. The summed E-state index contributed by atoms with van der Waals surface area (Å²) in [7, 11) is 5.46. The van der Waals surface area contributed by atoms with Crippen LogP contribution in [-0.2, 0) is 16.0 Å². The van der Waals surface area contributed by atoms with E-state index in [9.17, 15) is 14.4 Å². The number of imide groups is 1. The van der Waals surface area contributed by atoms with Crippen molar-refractivity contribution < 1.29 is 19.1 Å². The van der Waals surface area contributed by atoms with Gasteiger partial charge in [-0.2, -0.15) is 0 Å². The smallest absolute Gasteiger partial charge is 0.325 e. The Morgan fingerprint density at radius 1 is 1.10 bits per heavy atom. The zero-order valence-electron chi connectivity index (χ0n) is 18.3. The van der Waals surface area contributed by atoms with E-state index in [0.717, 1.165) is 21.9 Å². The van der Waals surface area contributed by atoms with Crippen molar-refractivity contribution in [1.82, 2.24) is 10.2 Å². The third-order valence-corrected chi connectivity index (χ3v) is 5.39. The van der Waals surface area contributed by atoms with E-state index in [1.807, 2.05) is 55.4 Å². The lowest BCUT2D eigenvalue weighted by Crippen LogP contribution is -2.45. The van der Waals surface area contributed by atoms with Crippen LogP contribution in [0.15, 0.2) is 48.5 Å². The summed E-state index contributed by atoms with van der Waals surface area (Å²) in [4.78, 5) is 40.6. The van der Waals surface area contributed by atoms with E-state index in [0.29, 0.717) is 18.5 Å². The van der Waals surface area contributed by atoms with Crippen molar-refractivity contribution in [2.45, 2.75) is 25.3 Å². The highest BCUT2D eigenvalue weighted by molar-refractivity contribution is 6.09. The Hall–Kier alpha value is -3.55. The number of nitrogens with one attached hydrogen (secondary N) is 2. The van der Waals surface area contributed by atoms with Crippen molar-refractivity contribution in [3.63, 3.8) is 0 Å². The first-order valence-corrected chi connectivity index (χ1v) is 10.1. The first-order valence-electron chi connectivity index (χ1n) is 10.1.